The van der Waals surface area contributed by atoms with Gasteiger partial charge in [-0.2, -0.15) is 0 Å². The number of aliphatic hydroxyl groups is 1. The fraction of sp³-hybridized carbons (Fsp3) is 0.625. The molecule has 3 N–H and O–H groups in total. The van der Waals surface area contributed by atoms with Gasteiger partial charge in [0, 0.05) is 36.5 Å². The fourth-order valence-corrected chi connectivity index (χ4v) is 3.40. The Morgan fingerprint density at radius 2 is 2.29 bits per heavy atom. The lowest BCUT2D eigenvalue weighted by atomic mass is 9.94. The number of nitrogen functional groups attached to an aromatic ring is 1. The Balaban J connectivity index is 1.73. The van der Waals surface area contributed by atoms with E-state index >= 15 is 0 Å². The zero-order valence-corrected chi connectivity index (χ0v) is 12.4. The normalized spacial score (nSPS) is 22.6. The van der Waals surface area contributed by atoms with Crippen LogP contribution >= 0.6 is 0 Å². The van der Waals surface area contributed by atoms with Gasteiger partial charge >= 0.3 is 0 Å². The molecule has 2 heterocycles. The van der Waals surface area contributed by atoms with Crippen molar-refractivity contribution in [2.24, 2.45) is 5.92 Å². The summed E-state index contributed by atoms with van der Waals surface area (Å²) in [6, 6.07) is 3.95. The van der Waals surface area contributed by atoms with Crippen molar-refractivity contribution in [1.29, 1.82) is 0 Å². The molecule has 1 saturated heterocycles. The molecule has 0 aromatic heterocycles. The number of hydrogen-bond acceptors (Lipinski definition) is 5. The van der Waals surface area contributed by atoms with Crippen LogP contribution in [-0.2, 0) is 17.9 Å². The number of rotatable bonds is 4. The second-order valence-corrected chi connectivity index (χ2v) is 6.03. The molecule has 1 aromatic rings. The Labute approximate surface area is 125 Å². The quantitative estimate of drug-likeness (QED) is 0.827. The third kappa shape index (κ3) is 3.48. The number of anilines is 1. The van der Waals surface area contributed by atoms with E-state index in [0.717, 1.165) is 48.6 Å². The number of piperidine rings is 1. The maximum atomic E-state index is 9.12. The number of nitrogens with zero attached hydrogens (tertiary/aromatic N) is 1. The maximum Gasteiger partial charge on any atom is 0.189 e. The van der Waals surface area contributed by atoms with Gasteiger partial charge in [-0.3, -0.25) is 4.90 Å². The average Bonchev–Trinajstić information content (AvgIpc) is 2.48. The third-order valence-corrected chi connectivity index (χ3v) is 4.34. The second kappa shape index (κ2) is 6.64. The summed E-state index contributed by atoms with van der Waals surface area (Å²) in [5.74, 6) is 1.55. The number of hydrogen-bond donors (Lipinski definition) is 2. The van der Waals surface area contributed by atoms with Crippen LogP contribution in [0.1, 0.15) is 30.4 Å². The van der Waals surface area contributed by atoms with E-state index in [9.17, 15) is 0 Å². The summed E-state index contributed by atoms with van der Waals surface area (Å²) < 4.78 is 11.0. The summed E-state index contributed by atoms with van der Waals surface area (Å²) in [6.45, 7) is 4.17. The molecule has 116 valence electrons. The van der Waals surface area contributed by atoms with E-state index in [1.54, 1.807) is 0 Å². The summed E-state index contributed by atoms with van der Waals surface area (Å²) in [4.78, 5) is 2.44. The molecule has 1 fully saturated rings. The SMILES string of the molecule is Nc1cc2c(c(CN3CCCC(CCO)C3)c1)OCOC2. The molecule has 1 unspecified atom stereocenters. The lowest BCUT2D eigenvalue weighted by Gasteiger charge is -2.33. The topological polar surface area (TPSA) is 68.0 Å². The molecule has 1 atom stereocenters. The zero-order valence-electron chi connectivity index (χ0n) is 12.4. The van der Waals surface area contributed by atoms with E-state index in [1.165, 1.54) is 12.8 Å². The Morgan fingerprint density at radius 1 is 1.38 bits per heavy atom. The largest absolute Gasteiger partial charge is 0.467 e. The van der Waals surface area contributed by atoms with Crippen molar-refractivity contribution in [3.05, 3.63) is 23.3 Å². The Bertz CT molecular complexity index is 491. The molecule has 1 aromatic carbocycles. The van der Waals surface area contributed by atoms with Crippen molar-refractivity contribution in [2.45, 2.75) is 32.4 Å². The molecule has 2 aliphatic rings. The summed E-state index contributed by atoms with van der Waals surface area (Å²) >= 11 is 0. The molecule has 0 amide bonds. The lowest BCUT2D eigenvalue weighted by molar-refractivity contribution is -0.0176. The van der Waals surface area contributed by atoms with E-state index in [4.69, 9.17) is 20.3 Å². The molecule has 5 heteroatoms. The van der Waals surface area contributed by atoms with Crippen molar-refractivity contribution in [3.63, 3.8) is 0 Å². The van der Waals surface area contributed by atoms with Gasteiger partial charge in [-0.15, -0.1) is 0 Å². The first-order valence-corrected chi connectivity index (χ1v) is 7.71. The van der Waals surface area contributed by atoms with Gasteiger partial charge in [0.1, 0.15) is 5.75 Å². The predicted molar refractivity (Wildman–Crippen MR) is 80.8 cm³/mol. The van der Waals surface area contributed by atoms with Crippen molar-refractivity contribution >= 4 is 5.69 Å². The van der Waals surface area contributed by atoms with Crippen LogP contribution in [0.3, 0.4) is 0 Å². The van der Waals surface area contributed by atoms with Crippen LogP contribution in [0.4, 0.5) is 5.69 Å². The smallest absolute Gasteiger partial charge is 0.189 e. The second-order valence-electron chi connectivity index (χ2n) is 6.03. The van der Waals surface area contributed by atoms with Crippen molar-refractivity contribution in [1.82, 2.24) is 4.90 Å². The van der Waals surface area contributed by atoms with Gasteiger partial charge in [-0.1, -0.05) is 0 Å². The number of aliphatic hydroxyl groups excluding tert-OH is 1. The highest BCUT2D eigenvalue weighted by atomic mass is 16.7. The highest BCUT2D eigenvalue weighted by Crippen LogP contribution is 2.32. The monoisotopic (exact) mass is 292 g/mol. The van der Waals surface area contributed by atoms with Crippen LogP contribution in [0, 0.1) is 5.92 Å². The number of benzene rings is 1. The van der Waals surface area contributed by atoms with Gasteiger partial charge in [-0.05, 0) is 43.9 Å². The van der Waals surface area contributed by atoms with Gasteiger partial charge in [-0.25, -0.2) is 0 Å². The fourth-order valence-electron chi connectivity index (χ4n) is 3.40. The predicted octanol–water partition coefficient (Wildman–Crippen LogP) is 1.73. The van der Waals surface area contributed by atoms with Crippen molar-refractivity contribution in [3.8, 4) is 5.75 Å². The minimum atomic E-state index is 0.284. The molecule has 0 bridgehead atoms. The van der Waals surface area contributed by atoms with Crippen LogP contribution in [0.15, 0.2) is 12.1 Å². The minimum Gasteiger partial charge on any atom is -0.467 e. The molecule has 0 spiro atoms. The van der Waals surface area contributed by atoms with E-state index in [-0.39, 0.29) is 6.61 Å². The average molecular weight is 292 g/mol. The van der Waals surface area contributed by atoms with Gasteiger partial charge in [0.2, 0.25) is 0 Å². The summed E-state index contributed by atoms with van der Waals surface area (Å²) in [5, 5.41) is 9.12. The molecule has 0 aliphatic carbocycles. The number of fused-ring (bicyclic) bond motifs is 1. The number of likely N-dealkylation sites (tertiary alicyclic amines) is 1. The first-order valence-electron chi connectivity index (χ1n) is 7.71. The number of ether oxygens (including phenoxy) is 2. The first-order chi connectivity index (χ1) is 10.3. The highest BCUT2D eigenvalue weighted by molar-refractivity contribution is 5.53. The molecule has 5 nitrogen and oxygen atoms in total. The molecule has 0 radical (unpaired) electrons. The summed E-state index contributed by atoms with van der Waals surface area (Å²) in [6.07, 6.45) is 3.31. The number of nitrogens with two attached hydrogens (primary N) is 1. The molecular formula is C16H24N2O3. The van der Waals surface area contributed by atoms with Gasteiger partial charge < -0.3 is 20.3 Å². The van der Waals surface area contributed by atoms with Gasteiger partial charge in [0.05, 0.1) is 6.61 Å². The van der Waals surface area contributed by atoms with Crippen molar-refractivity contribution < 1.29 is 14.6 Å². The van der Waals surface area contributed by atoms with Crippen molar-refractivity contribution in [2.75, 3.05) is 32.2 Å². The zero-order chi connectivity index (χ0) is 14.7. The van der Waals surface area contributed by atoms with Crippen LogP contribution in [0.2, 0.25) is 0 Å². The summed E-state index contributed by atoms with van der Waals surface area (Å²) in [5.41, 5.74) is 8.96. The Kier molecular flexibility index (Phi) is 4.63. The lowest BCUT2D eigenvalue weighted by Crippen LogP contribution is -2.35. The van der Waals surface area contributed by atoms with Crippen LogP contribution < -0.4 is 10.5 Å². The third-order valence-electron chi connectivity index (χ3n) is 4.34. The molecule has 2 aliphatic heterocycles. The van der Waals surface area contributed by atoms with Gasteiger partial charge in [0.25, 0.3) is 0 Å². The van der Waals surface area contributed by atoms with E-state index in [0.29, 0.717) is 19.3 Å². The van der Waals surface area contributed by atoms with E-state index < -0.39 is 0 Å². The van der Waals surface area contributed by atoms with Crippen LogP contribution in [-0.4, -0.2) is 36.5 Å². The van der Waals surface area contributed by atoms with Gasteiger partial charge in [0.15, 0.2) is 6.79 Å². The molecule has 3 rings (SSSR count). The van der Waals surface area contributed by atoms with Crippen LogP contribution in [0.25, 0.3) is 0 Å². The minimum absolute atomic E-state index is 0.284. The Morgan fingerprint density at radius 3 is 3.14 bits per heavy atom. The van der Waals surface area contributed by atoms with E-state index in [1.807, 2.05) is 12.1 Å². The standard InChI is InChI=1S/C16H24N2O3/c17-15-6-13(16-14(7-15)10-20-11-21-16)9-18-4-1-2-12(8-18)3-5-19/h6-7,12,19H,1-5,8-11,17H2. The Hall–Kier alpha value is -1.30. The molecule has 21 heavy (non-hydrogen) atoms. The molecular weight excluding hydrogens is 268 g/mol. The first kappa shape index (κ1) is 14.6. The highest BCUT2D eigenvalue weighted by Gasteiger charge is 2.22. The molecule has 0 saturated carbocycles. The summed E-state index contributed by atoms with van der Waals surface area (Å²) in [7, 11) is 0. The van der Waals surface area contributed by atoms with E-state index in [2.05, 4.69) is 4.90 Å². The maximum absolute atomic E-state index is 9.12. The van der Waals surface area contributed by atoms with Crippen LogP contribution in [0.5, 0.6) is 5.75 Å².